The van der Waals surface area contributed by atoms with Crippen LogP contribution in [0.15, 0.2) is 12.1 Å². The molecule has 8 heteroatoms. The van der Waals surface area contributed by atoms with Gasteiger partial charge in [-0.1, -0.05) is 11.6 Å². The average Bonchev–Trinajstić information content (AvgIpc) is 2.95. The van der Waals surface area contributed by atoms with E-state index in [2.05, 4.69) is 10.2 Å². The van der Waals surface area contributed by atoms with Gasteiger partial charge < -0.3 is 15.1 Å². The maximum atomic E-state index is 11.9. The molecule has 1 aromatic rings. The van der Waals surface area contributed by atoms with E-state index in [1.807, 2.05) is 4.90 Å². The van der Waals surface area contributed by atoms with E-state index in [0.717, 1.165) is 31.6 Å². The van der Waals surface area contributed by atoms with Gasteiger partial charge in [0.15, 0.2) is 0 Å². The number of hydrogen-bond acceptors (Lipinski definition) is 4. The highest BCUT2D eigenvalue weighted by Gasteiger charge is 2.32. The Morgan fingerprint density at radius 1 is 1.39 bits per heavy atom. The minimum absolute atomic E-state index is 0.0113. The smallest absolute Gasteiger partial charge is 0.317 e. The van der Waals surface area contributed by atoms with Crippen LogP contribution >= 0.6 is 11.6 Å². The van der Waals surface area contributed by atoms with Crippen molar-refractivity contribution in [3.63, 3.8) is 0 Å². The number of nitro groups is 1. The van der Waals surface area contributed by atoms with Crippen LogP contribution in [-0.4, -0.2) is 48.1 Å². The summed E-state index contributed by atoms with van der Waals surface area (Å²) in [5.41, 5.74) is 1.43. The molecule has 23 heavy (non-hydrogen) atoms. The normalized spacial score (nSPS) is 21.5. The van der Waals surface area contributed by atoms with E-state index in [-0.39, 0.29) is 17.8 Å². The molecule has 1 atom stereocenters. The molecule has 2 saturated heterocycles. The summed E-state index contributed by atoms with van der Waals surface area (Å²) in [5, 5.41) is 14.2. The molecule has 0 unspecified atom stereocenters. The van der Waals surface area contributed by atoms with Gasteiger partial charge in [0.2, 0.25) is 0 Å². The monoisotopic (exact) mass is 338 g/mol. The third-order valence-corrected chi connectivity index (χ3v) is 4.83. The highest BCUT2D eigenvalue weighted by Crippen LogP contribution is 2.34. The van der Waals surface area contributed by atoms with Crippen LogP contribution in [0, 0.1) is 17.0 Å². The minimum atomic E-state index is -0.418. The lowest BCUT2D eigenvalue weighted by Gasteiger charge is -2.38. The summed E-state index contributed by atoms with van der Waals surface area (Å²) < 4.78 is 0. The van der Waals surface area contributed by atoms with Crippen LogP contribution in [0.1, 0.15) is 18.4 Å². The number of piperidine rings is 1. The van der Waals surface area contributed by atoms with E-state index in [1.54, 1.807) is 13.0 Å². The molecule has 2 fully saturated rings. The summed E-state index contributed by atoms with van der Waals surface area (Å²) in [7, 11) is 0. The third kappa shape index (κ3) is 3.06. The fourth-order valence-corrected chi connectivity index (χ4v) is 3.63. The molecule has 0 aromatic heterocycles. The molecular weight excluding hydrogens is 320 g/mol. The molecule has 7 nitrogen and oxygen atoms in total. The van der Waals surface area contributed by atoms with Gasteiger partial charge in [0, 0.05) is 37.8 Å². The number of halogens is 1. The van der Waals surface area contributed by atoms with Gasteiger partial charge in [0.1, 0.15) is 0 Å². The van der Waals surface area contributed by atoms with Gasteiger partial charge in [0.05, 0.1) is 21.7 Å². The Morgan fingerprint density at radius 3 is 2.83 bits per heavy atom. The molecule has 2 aliphatic heterocycles. The van der Waals surface area contributed by atoms with Gasteiger partial charge in [-0.3, -0.25) is 10.1 Å². The van der Waals surface area contributed by atoms with Gasteiger partial charge in [-0.2, -0.15) is 0 Å². The Bertz CT molecular complexity index is 652. The van der Waals surface area contributed by atoms with E-state index in [4.69, 9.17) is 11.6 Å². The zero-order valence-electron chi connectivity index (χ0n) is 12.9. The maximum Gasteiger partial charge on any atom is 0.317 e. The van der Waals surface area contributed by atoms with Crippen molar-refractivity contribution in [1.82, 2.24) is 10.2 Å². The molecule has 1 N–H and O–H groups in total. The molecule has 0 spiro atoms. The van der Waals surface area contributed by atoms with Crippen molar-refractivity contribution in [2.75, 3.05) is 31.1 Å². The van der Waals surface area contributed by atoms with Crippen molar-refractivity contribution in [3.8, 4) is 0 Å². The second kappa shape index (κ2) is 6.23. The quantitative estimate of drug-likeness (QED) is 0.678. The molecule has 1 aromatic carbocycles. The molecule has 0 radical (unpaired) electrons. The summed E-state index contributed by atoms with van der Waals surface area (Å²) in [5.74, 6) is 0. The van der Waals surface area contributed by atoms with Crippen LogP contribution in [-0.2, 0) is 0 Å². The van der Waals surface area contributed by atoms with Crippen molar-refractivity contribution in [3.05, 3.63) is 32.8 Å². The number of amides is 2. The van der Waals surface area contributed by atoms with E-state index in [0.29, 0.717) is 23.7 Å². The average molecular weight is 339 g/mol. The first-order chi connectivity index (χ1) is 11.0. The molecule has 2 heterocycles. The number of rotatable bonds is 3. The predicted octanol–water partition coefficient (Wildman–Crippen LogP) is 2.55. The van der Waals surface area contributed by atoms with Gasteiger partial charge in [-0.15, -0.1) is 0 Å². The lowest BCUT2D eigenvalue weighted by Crippen LogP contribution is -2.49. The van der Waals surface area contributed by atoms with E-state index in [9.17, 15) is 14.9 Å². The van der Waals surface area contributed by atoms with E-state index < -0.39 is 4.92 Å². The first kappa shape index (κ1) is 15.9. The standard InChI is InChI=1S/C15H19ClN4O3/c1-10-7-14(12(16)8-13(10)20(22)23)18-5-2-3-11(9-18)19-6-4-17-15(19)21/h7-8,11H,2-6,9H2,1H3,(H,17,21)/t11-/m0/s1. The van der Waals surface area contributed by atoms with Crippen molar-refractivity contribution >= 4 is 29.0 Å². The first-order valence-corrected chi connectivity index (χ1v) is 8.09. The fraction of sp³-hybridized carbons (Fsp3) is 0.533. The van der Waals surface area contributed by atoms with Crippen molar-refractivity contribution in [2.45, 2.75) is 25.8 Å². The zero-order valence-corrected chi connectivity index (χ0v) is 13.7. The Kier molecular flexibility index (Phi) is 4.30. The van der Waals surface area contributed by atoms with Crippen LogP contribution < -0.4 is 10.2 Å². The minimum Gasteiger partial charge on any atom is -0.368 e. The Morgan fingerprint density at radius 2 is 2.17 bits per heavy atom. The molecule has 3 rings (SSSR count). The number of aryl methyl sites for hydroxylation is 1. The van der Waals surface area contributed by atoms with E-state index >= 15 is 0 Å². The Balaban J connectivity index is 1.82. The largest absolute Gasteiger partial charge is 0.368 e. The van der Waals surface area contributed by atoms with E-state index in [1.165, 1.54) is 6.07 Å². The number of hydrogen-bond donors (Lipinski definition) is 1. The lowest BCUT2D eigenvalue weighted by atomic mass is 10.0. The van der Waals surface area contributed by atoms with Crippen LogP contribution in [0.5, 0.6) is 0 Å². The summed E-state index contributed by atoms with van der Waals surface area (Å²) >= 11 is 6.28. The number of nitrogens with zero attached hydrogens (tertiary/aromatic N) is 3. The highest BCUT2D eigenvalue weighted by atomic mass is 35.5. The second-order valence-electron chi connectivity index (χ2n) is 6.01. The Hall–Kier alpha value is -2.02. The summed E-state index contributed by atoms with van der Waals surface area (Å²) in [4.78, 5) is 26.4. The first-order valence-electron chi connectivity index (χ1n) is 7.71. The SMILES string of the molecule is Cc1cc(N2CCC[C@H](N3CCNC3=O)C2)c(Cl)cc1[N+](=O)[O-]. The fourth-order valence-electron chi connectivity index (χ4n) is 3.36. The molecule has 0 aliphatic carbocycles. The molecule has 124 valence electrons. The summed E-state index contributed by atoms with van der Waals surface area (Å²) in [6.07, 6.45) is 1.92. The van der Waals surface area contributed by atoms with Crippen LogP contribution in [0.25, 0.3) is 0 Å². The van der Waals surface area contributed by atoms with Crippen LogP contribution in [0.2, 0.25) is 5.02 Å². The van der Waals surface area contributed by atoms with Crippen molar-refractivity contribution < 1.29 is 9.72 Å². The Labute approximate surface area is 139 Å². The molecule has 0 bridgehead atoms. The van der Waals surface area contributed by atoms with Gasteiger partial charge in [0.25, 0.3) is 5.69 Å². The molecular formula is C15H19ClN4O3. The second-order valence-corrected chi connectivity index (χ2v) is 6.42. The molecule has 2 aliphatic rings. The van der Waals surface area contributed by atoms with Crippen LogP contribution in [0.3, 0.4) is 0 Å². The van der Waals surface area contributed by atoms with Gasteiger partial charge in [-0.25, -0.2) is 4.79 Å². The topological polar surface area (TPSA) is 78.7 Å². The molecule has 2 amide bonds. The van der Waals surface area contributed by atoms with Gasteiger partial charge >= 0.3 is 6.03 Å². The number of nitro benzene ring substituents is 1. The maximum absolute atomic E-state index is 11.9. The zero-order chi connectivity index (χ0) is 16.6. The number of carbonyl (C=O) groups excluding carboxylic acids is 1. The van der Waals surface area contributed by atoms with Crippen molar-refractivity contribution in [1.29, 1.82) is 0 Å². The molecule has 0 saturated carbocycles. The number of benzene rings is 1. The lowest BCUT2D eigenvalue weighted by molar-refractivity contribution is -0.385. The predicted molar refractivity (Wildman–Crippen MR) is 88.2 cm³/mol. The number of carbonyl (C=O) groups is 1. The highest BCUT2D eigenvalue weighted by molar-refractivity contribution is 6.33. The van der Waals surface area contributed by atoms with Gasteiger partial charge in [-0.05, 0) is 25.8 Å². The number of nitrogens with one attached hydrogen (secondary N) is 1. The summed E-state index contributed by atoms with van der Waals surface area (Å²) in [6.45, 7) is 4.66. The number of urea groups is 1. The van der Waals surface area contributed by atoms with Crippen molar-refractivity contribution in [2.24, 2.45) is 0 Å². The summed E-state index contributed by atoms with van der Waals surface area (Å²) in [6, 6.07) is 3.33. The number of anilines is 1. The van der Waals surface area contributed by atoms with Crippen LogP contribution in [0.4, 0.5) is 16.2 Å². The third-order valence-electron chi connectivity index (χ3n) is 4.53.